The minimum absolute atomic E-state index is 0.619. The van der Waals surface area contributed by atoms with Crippen molar-refractivity contribution >= 4 is 38.9 Å². The molecular formula is C14H14BrN3S. The number of benzene rings is 1. The maximum absolute atomic E-state index is 5.24. The van der Waals surface area contributed by atoms with Crippen molar-refractivity contribution in [1.82, 2.24) is 10.3 Å². The molecule has 0 aliphatic carbocycles. The van der Waals surface area contributed by atoms with Crippen molar-refractivity contribution in [1.29, 1.82) is 0 Å². The largest absolute Gasteiger partial charge is 0.362 e. The molecule has 0 radical (unpaired) electrons. The quantitative estimate of drug-likeness (QED) is 0.840. The van der Waals surface area contributed by atoms with Gasteiger partial charge in [-0.3, -0.25) is 4.98 Å². The summed E-state index contributed by atoms with van der Waals surface area (Å²) in [5.41, 5.74) is 2.02. The summed E-state index contributed by atoms with van der Waals surface area (Å²) in [6, 6.07) is 13.8. The second kappa shape index (κ2) is 7.21. The van der Waals surface area contributed by atoms with E-state index in [1.807, 2.05) is 42.5 Å². The zero-order valence-electron chi connectivity index (χ0n) is 10.3. The highest BCUT2D eigenvalue weighted by molar-refractivity contribution is 9.10. The van der Waals surface area contributed by atoms with E-state index in [4.69, 9.17) is 12.2 Å². The molecule has 0 bridgehead atoms. The van der Waals surface area contributed by atoms with Gasteiger partial charge in [-0.15, -0.1) is 0 Å². The van der Waals surface area contributed by atoms with Crippen LogP contribution in [0.4, 0.5) is 5.69 Å². The van der Waals surface area contributed by atoms with Crippen LogP contribution in [0, 0.1) is 0 Å². The molecule has 1 aromatic carbocycles. The molecule has 0 spiro atoms. The molecular weight excluding hydrogens is 322 g/mol. The zero-order valence-corrected chi connectivity index (χ0v) is 12.7. The summed E-state index contributed by atoms with van der Waals surface area (Å²) in [5.74, 6) is 0. The predicted molar refractivity (Wildman–Crippen MR) is 86.3 cm³/mol. The molecule has 0 saturated heterocycles. The Morgan fingerprint density at radius 3 is 2.84 bits per heavy atom. The molecule has 0 saturated carbocycles. The van der Waals surface area contributed by atoms with Crippen molar-refractivity contribution in [3.8, 4) is 0 Å². The van der Waals surface area contributed by atoms with Gasteiger partial charge in [0.2, 0.25) is 0 Å². The molecule has 1 heterocycles. The van der Waals surface area contributed by atoms with Crippen molar-refractivity contribution < 1.29 is 0 Å². The average Bonchev–Trinajstić information content (AvgIpc) is 2.40. The Morgan fingerprint density at radius 2 is 2.11 bits per heavy atom. The number of nitrogens with one attached hydrogen (secondary N) is 2. The number of thiocarbonyl (C=S) groups is 1. The van der Waals surface area contributed by atoms with Crippen LogP contribution in [-0.4, -0.2) is 16.6 Å². The summed E-state index contributed by atoms with van der Waals surface area (Å²) in [6.45, 7) is 0.761. The van der Waals surface area contributed by atoms with Gasteiger partial charge in [-0.2, -0.15) is 0 Å². The number of pyridine rings is 1. The summed E-state index contributed by atoms with van der Waals surface area (Å²) in [6.07, 6.45) is 2.65. The Labute approximate surface area is 126 Å². The molecule has 2 rings (SSSR count). The fraction of sp³-hybridized carbons (Fsp3) is 0.143. The molecule has 1 aromatic heterocycles. The Hall–Kier alpha value is -1.46. The Morgan fingerprint density at radius 1 is 1.21 bits per heavy atom. The monoisotopic (exact) mass is 335 g/mol. The minimum Gasteiger partial charge on any atom is -0.362 e. The third-order valence-corrected chi connectivity index (χ3v) is 3.21. The third kappa shape index (κ3) is 4.96. The lowest BCUT2D eigenvalue weighted by Crippen LogP contribution is -2.30. The molecule has 98 valence electrons. The first kappa shape index (κ1) is 14.0. The zero-order chi connectivity index (χ0) is 13.5. The molecule has 0 fully saturated rings. The van der Waals surface area contributed by atoms with Crippen LogP contribution in [0.2, 0.25) is 0 Å². The SMILES string of the molecule is S=C(NCCc1ccccn1)Nc1cccc(Br)c1. The molecule has 2 aromatic rings. The fourth-order valence-corrected chi connectivity index (χ4v) is 2.21. The highest BCUT2D eigenvalue weighted by Gasteiger charge is 1.98. The van der Waals surface area contributed by atoms with Crippen molar-refractivity contribution in [2.24, 2.45) is 0 Å². The van der Waals surface area contributed by atoms with Gasteiger partial charge in [0.1, 0.15) is 0 Å². The van der Waals surface area contributed by atoms with Crippen molar-refractivity contribution in [2.75, 3.05) is 11.9 Å². The van der Waals surface area contributed by atoms with Gasteiger partial charge in [0, 0.05) is 35.0 Å². The van der Waals surface area contributed by atoms with Crippen molar-refractivity contribution in [3.63, 3.8) is 0 Å². The van der Waals surface area contributed by atoms with Gasteiger partial charge in [0.05, 0.1) is 0 Å². The molecule has 19 heavy (non-hydrogen) atoms. The van der Waals surface area contributed by atoms with E-state index in [2.05, 4.69) is 31.5 Å². The van der Waals surface area contributed by atoms with Crippen molar-refractivity contribution in [3.05, 3.63) is 58.8 Å². The maximum atomic E-state index is 5.24. The second-order valence-electron chi connectivity index (χ2n) is 3.96. The van der Waals surface area contributed by atoms with Gasteiger partial charge >= 0.3 is 0 Å². The van der Waals surface area contributed by atoms with Gasteiger partial charge in [0.25, 0.3) is 0 Å². The molecule has 2 N–H and O–H groups in total. The topological polar surface area (TPSA) is 37.0 Å². The lowest BCUT2D eigenvalue weighted by molar-refractivity contribution is 0.847. The fourth-order valence-electron chi connectivity index (χ4n) is 1.59. The molecule has 0 unspecified atom stereocenters. The Balaban J connectivity index is 1.76. The van der Waals surface area contributed by atoms with Gasteiger partial charge in [0.15, 0.2) is 5.11 Å². The number of hydrogen-bond acceptors (Lipinski definition) is 2. The average molecular weight is 336 g/mol. The van der Waals surface area contributed by atoms with Crippen LogP contribution in [0.5, 0.6) is 0 Å². The van der Waals surface area contributed by atoms with E-state index >= 15 is 0 Å². The predicted octanol–water partition coefficient (Wildman–Crippen LogP) is 3.37. The normalized spacial score (nSPS) is 9.95. The van der Waals surface area contributed by atoms with E-state index in [0.29, 0.717) is 5.11 Å². The summed E-state index contributed by atoms with van der Waals surface area (Å²) >= 11 is 8.66. The van der Waals surface area contributed by atoms with Crippen molar-refractivity contribution in [2.45, 2.75) is 6.42 Å². The van der Waals surface area contributed by atoms with Crippen LogP contribution < -0.4 is 10.6 Å². The van der Waals surface area contributed by atoms with E-state index in [0.717, 1.165) is 28.8 Å². The summed E-state index contributed by atoms with van der Waals surface area (Å²) in [7, 11) is 0. The second-order valence-corrected chi connectivity index (χ2v) is 5.29. The van der Waals surface area contributed by atoms with Crippen LogP contribution in [0.25, 0.3) is 0 Å². The smallest absolute Gasteiger partial charge is 0.170 e. The molecule has 0 aliphatic heterocycles. The van der Waals surface area contributed by atoms with Gasteiger partial charge in [-0.25, -0.2) is 0 Å². The van der Waals surface area contributed by atoms with Crippen LogP contribution in [0.15, 0.2) is 53.1 Å². The van der Waals surface area contributed by atoms with Crippen LogP contribution in [-0.2, 0) is 6.42 Å². The van der Waals surface area contributed by atoms with Gasteiger partial charge in [-0.05, 0) is 42.5 Å². The summed E-state index contributed by atoms with van der Waals surface area (Å²) in [4.78, 5) is 4.26. The standard InChI is InChI=1S/C14H14BrN3S/c15-11-4-3-6-13(10-11)18-14(19)17-9-7-12-5-1-2-8-16-12/h1-6,8,10H,7,9H2,(H2,17,18,19). The van der Waals surface area contributed by atoms with Crippen LogP contribution in [0.3, 0.4) is 0 Å². The first-order valence-corrected chi connectivity index (χ1v) is 7.14. The Bertz CT molecular complexity index is 545. The number of hydrogen-bond donors (Lipinski definition) is 2. The number of halogens is 1. The number of aromatic nitrogens is 1. The molecule has 0 amide bonds. The summed E-state index contributed by atoms with van der Waals surface area (Å²) in [5, 5.41) is 6.92. The molecule has 0 aliphatic rings. The molecule has 3 nitrogen and oxygen atoms in total. The lowest BCUT2D eigenvalue weighted by atomic mass is 10.3. The highest BCUT2D eigenvalue weighted by atomic mass is 79.9. The van der Waals surface area contributed by atoms with Crippen LogP contribution in [0.1, 0.15) is 5.69 Å². The number of rotatable bonds is 4. The first-order valence-electron chi connectivity index (χ1n) is 5.94. The van der Waals surface area contributed by atoms with E-state index in [9.17, 15) is 0 Å². The maximum Gasteiger partial charge on any atom is 0.170 e. The third-order valence-electron chi connectivity index (χ3n) is 2.48. The van der Waals surface area contributed by atoms with Gasteiger partial charge < -0.3 is 10.6 Å². The number of anilines is 1. The summed E-state index contributed by atoms with van der Waals surface area (Å²) < 4.78 is 1.02. The van der Waals surface area contributed by atoms with E-state index < -0.39 is 0 Å². The minimum atomic E-state index is 0.619. The van der Waals surface area contributed by atoms with E-state index in [1.54, 1.807) is 6.20 Å². The van der Waals surface area contributed by atoms with E-state index in [-0.39, 0.29) is 0 Å². The molecule has 5 heteroatoms. The first-order chi connectivity index (χ1) is 9.24. The molecule has 0 atom stereocenters. The highest BCUT2D eigenvalue weighted by Crippen LogP contribution is 2.15. The van der Waals surface area contributed by atoms with Gasteiger partial charge in [-0.1, -0.05) is 28.1 Å². The number of nitrogens with zero attached hydrogens (tertiary/aromatic N) is 1. The van der Waals surface area contributed by atoms with E-state index in [1.165, 1.54) is 0 Å². The lowest BCUT2D eigenvalue weighted by Gasteiger charge is -2.10. The Kier molecular flexibility index (Phi) is 5.30. The van der Waals surface area contributed by atoms with Crippen LogP contribution >= 0.6 is 28.1 Å².